The van der Waals surface area contributed by atoms with Crippen molar-refractivity contribution < 1.29 is 14.1 Å². The Balaban J connectivity index is 1.83. The third-order valence-electron chi connectivity index (χ3n) is 4.14. The Hall–Kier alpha value is -2.50. The Labute approximate surface area is 142 Å². The number of carbonyl (C=O) groups excluding carboxylic acids is 1. The first-order chi connectivity index (χ1) is 11.4. The number of urea groups is 1. The summed E-state index contributed by atoms with van der Waals surface area (Å²) in [5.41, 5.74) is 1.57. The predicted octanol–water partition coefficient (Wildman–Crippen LogP) is 3.82. The SMILES string of the molecule is COc1ccc(N2CCCN(c3cc(C(C)(C)C)no3)C2=O)cc1. The average molecular weight is 329 g/mol. The van der Waals surface area contributed by atoms with E-state index in [-0.39, 0.29) is 11.4 Å². The number of anilines is 2. The highest BCUT2D eigenvalue weighted by Crippen LogP contribution is 2.29. The van der Waals surface area contributed by atoms with Crippen molar-refractivity contribution in [3.8, 4) is 5.75 Å². The monoisotopic (exact) mass is 329 g/mol. The topological polar surface area (TPSA) is 58.8 Å². The van der Waals surface area contributed by atoms with E-state index in [0.717, 1.165) is 23.6 Å². The molecule has 6 heteroatoms. The van der Waals surface area contributed by atoms with Crippen LogP contribution in [0.1, 0.15) is 32.9 Å². The second-order valence-electron chi connectivity index (χ2n) is 6.94. The predicted molar refractivity (Wildman–Crippen MR) is 92.9 cm³/mol. The molecule has 0 unspecified atom stereocenters. The zero-order valence-electron chi connectivity index (χ0n) is 14.6. The van der Waals surface area contributed by atoms with Crippen molar-refractivity contribution >= 4 is 17.6 Å². The lowest BCUT2D eigenvalue weighted by molar-refractivity contribution is 0.246. The van der Waals surface area contributed by atoms with Crippen LogP contribution in [0.25, 0.3) is 0 Å². The van der Waals surface area contributed by atoms with Crippen LogP contribution in [-0.4, -0.2) is 31.4 Å². The molecule has 1 aromatic heterocycles. The number of nitrogens with zero attached hydrogens (tertiary/aromatic N) is 3. The molecule has 2 heterocycles. The van der Waals surface area contributed by atoms with Gasteiger partial charge in [-0.1, -0.05) is 25.9 Å². The van der Waals surface area contributed by atoms with E-state index in [9.17, 15) is 4.79 Å². The average Bonchev–Trinajstić information content (AvgIpc) is 3.05. The quantitative estimate of drug-likeness (QED) is 0.859. The molecule has 0 spiro atoms. The number of methoxy groups -OCH3 is 1. The largest absolute Gasteiger partial charge is 0.497 e. The zero-order chi connectivity index (χ0) is 17.3. The molecule has 6 nitrogen and oxygen atoms in total. The third-order valence-corrected chi connectivity index (χ3v) is 4.14. The Morgan fingerprint density at radius 3 is 2.38 bits per heavy atom. The molecule has 0 bridgehead atoms. The summed E-state index contributed by atoms with van der Waals surface area (Å²) >= 11 is 0. The second-order valence-corrected chi connectivity index (χ2v) is 6.94. The van der Waals surface area contributed by atoms with Gasteiger partial charge in [-0.15, -0.1) is 0 Å². The van der Waals surface area contributed by atoms with Crippen molar-refractivity contribution in [3.05, 3.63) is 36.0 Å². The summed E-state index contributed by atoms with van der Waals surface area (Å²) in [5.74, 6) is 1.27. The number of aromatic nitrogens is 1. The van der Waals surface area contributed by atoms with Gasteiger partial charge in [0.2, 0.25) is 5.88 Å². The van der Waals surface area contributed by atoms with Crippen molar-refractivity contribution in [2.75, 3.05) is 30.0 Å². The molecule has 0 N–H and O–H groups in total. The summed E-state index contributed by atoms with van der Waals surface area (Å²) in [6.07, 6.45) is 0.864. The molecule has 1 fully saturated rings. The number of hydrogen-bond acceptors (Lipinski definition) is 4. The number of carbonyl (C=O) groups is 1. The van der Waals surface area contributed by atoms with Crippen LogP contribution in [0.3, 0.4) is 0 Å². The highest BCUT2D eigenvalue weighted by Gasteiger charge is 2.31. The molecule has 24 heavy (non-hydrogen) atoms. The van der Waals surface area contributed by atoms with Crippen LogP contribution in [0.4, 0.5) is 16.4 Å². The van der Waals surface area contributed by atoms with Crippen molar-refractivity contribution in [1.82, 2.24) is 5.16 Å². The van der Waals surface area contributed by atoms with Crippen LogP contribution in [0.2, 0.25) is 0 Å². The maximum atomic E-state index is 12.9. The Morgan fingerprint density at radius 1 is 1.12 bits per heavy atom. The molecule has 3 rings (SSSR count). The van der Waals surface area contributed by atoms with E-state index >= 15 is 0 Å². The Bertz CT molecular complexity index is 716. The third kappa shape index (κ3) is 3.09. The molecule has 1 aliphatic rings. The minimum absolute atomic E-state index is 0.0944. The van der Waals surface area contributed by atoms with Crippen molar-refractivity contribution in [3.63, 3.8) is 0 Å². The summed E-state index contributed by atoms with van der Waals surface area (Å²) in [6.45, 7) is 7.51. The van der Waals surface area contributed by atoms with Crippen molar-refractivity contribution in [2.24, 2.45) is 0 Å². The zero-order valence-corrected chi connectivity index (χ0v) is 14.6. The fraction of sp³-hybridized carbons (Fsp3) is 0.444. The standard InChI is InChI=1S/C18H23N3O3/c1-18(2,3)15-12-16(24-19-15)21-11-5-10-20(17(21)22)13-6-8-14(23-4)9-7-13/h6-9,12H,5,10-11H2,1-4H3. The molecule has 0 saturated carbocycles. The van der Waals surface area contributed by atoms with Gasteiger partial charge in [-0.3, -0.25) is 9.80 Å². The molecule has 1 saturated heterocycles. The molecule has 1 aromatic carbocycles. The first kappa shape index (κ1) is 16.4. The van der Waals surface area contributed by atoms with Gasteiger partial charge in [-0.2, -0.15) is 0 Å². The fourth-order valence-electron chi connectivity index (χ4n) is 2.68. The van der Waals surface area contributed by atoms with Crippen molar-refractivity contribution in [1.29, 1.82) is 0 Å². The molecular formula is C18H23N3O3. The maximum Gasteiger partial charge on any atom is 0.331 e. The van der Waals surface area contributed by atoms with Gasteiger partial charge in [0.05, 0.1) is 12.8 Å². The molecule has 0 radical (unpaired) electrons. The summed E-state index contributed by atoms with van der Waals surface area (Å²) in [5, 5.41) is 4.11. The number of rotatable bonds is 3. The molecule has 2 amide bonds. The first-order valence-corrected chi connectivity index (χ1v) is 8.10. The summed E-state index contributed by atoms with van der Waals surface area (Å²) in [7, 11) is 1.62. The van der Waals surface area contributed by atoms with E-state index in [1.54, 1.807) is 16.9 Å². The summed E-state index contributed by atoms with van der Waals surface area (Å²) in [6, 6.07) is 9.25. The molecule has 128 valence electrons. The normalized spacial score (nSPS) is 15.8. The lowest BCUT2D eigenvalue weighted by Crippen LogP contribution is -2.49. The van der Waals surface area contributed by atoms with Crippen LogP contribution >= 0.6 is 0 Å². The van der Waals surface area contributed by atoms with Crippen LogP contribution in [0.5, 0.6) is 5.75 Å². The minimum atomic E-state index is -0.115. The number of hydrogen-bond donors (Lipinski definition) is 0. The molecule has 0 atom stereocenters. The minimum Gasteiger partial charge on any atom is -0.497 e. The van der Waals surface area contributed by atoms with E-state index in [1.807, 2.05) is 30.3 Å². The Kier molecular flexibility index (Phi) is 4.22. The van der Waals surface area contributed by atoms with E-state index < -0.39 is 0 Å². The summed E-state index contributed by atoms with van der Waals surface area (Å²) < 4.78 is 10.6. The first-order valence-electron chi connectivity index (χ1n) is 8.10. The highest BCUT2D eigenvalue weighted by atomic mass is 16.5. The van der Waals surface area contributed by atoms with Gasteiger partial charge >= 0.3 is 6.03 Å². The number of benzene rings is 1. The van der Waals surface area contributed by atoms with Gasteiger partial charge in [0.1, 0.15) is 5.75 Å². The Morgan fingerprint density at radius 2 is 1.79 bits per heavy atom. The van der Waals surface area contributed by atoms with E-state index in [4.69, 9.17) is 9.26 Å². The van der Waals surface area contributed by atoms with Gasteiger partial charge in [0, 0.05) is 30.3 Å². The van der Waals surface area contributed by atoms with E-state index in [0.29, 0.717) is 19.0 Å². The van der Waals surface area contributed by atoms with E-state index in [1.165, 1.54) is 0 Å². The number of ether oxygens (including phenoxy) is 1. The highest BCUT2D eigenvalue weighted by molar-refractivity contribution is 6.03. The van der Waals surface area contributed by atoms with Crippen molar-refractivity contribution in [2.45, 2.75) is 32.6 Å². The van der Waals surface area contributed by atoms with Gasteiger partial charge in [-0.25, -0.2) is 4.79 Å². The second kappa shape index (κ2) is 6.19. The van der Waals surface area contributed by atoms with Crippen LogP contribution < -0.4 is 14.5 Å². The van der Waals surface area contributed by atoms with Gasteiger partial charge in [0.25, 0.3) is 0 Å². The van der Waals surface area contributed by atoms with Gasteiger partial charge < -0.3 is 9.26 Å². The van der Waals surface area contributed by atoms with Crippen LogP contribution in [0, 0.1) is 0 Å². The fourth-order valence-corrected chi connectivity index (χ4v) is 2.68. The summed E-state index contributed by atoms with van der Waals surface area (Å²) in [4.78, 5) is 16.3. The lowest BCUT2D eigenvalue weighted by atomic mass is 9.92. The maximum absolute atomic E-state index is 12.9. The van der Waals surface area contributed by atoms with Crippen LogP contribution in [-0.2, 0) is 5.41 Å². The molecule has 2 aromatic rings. The van der Waals surface area contributed by atoms with Gasteiger partial charge in [-0.05, 0) is 30.7 Å². The molecule has 1 aliphatic heterocycles. The van der Waals surface area contributed by atoms with Crippen LogP contribution in [0.15, 0.2) is 34.9 Å². The molecular weight excluding hydrogens is 306 g/mol. The smallest absolute Gasteiger partial charge is 0.331 e. The number of amides is 2. The van der Waals surface area contributed by atoms with Gasteiger partial charge in [0.15, 0.2) is 0 Å². The molecule has 0 aliphatic carbocycles. The van der Waals surface area contributed by atoms with E-state index in [2.05, 4.69) is 25.9 Å². The lowest BCUT2D eigenvalue weighted by Gasteiger charge is -2.33.